The quantitative estimate of drug-likeness (QED) is 0.0386. The van der Waals surface area contributed by atoms with E-state index in [0.29, 0.717) is 144 Å². The van der Waals surface area contributed by atoms with Crippen molar-refractivity contribution < 1.29 is 164 Å². The van der Waals surface area contributed by atoms with E-state index >= 15 is 0 Å². The molecule has 870 valence electrons. The van der Waals surface area contributed by atoms with E-state index in [1.54, 1.807) is 104 Å². The van der Waals surface area contributed by atoms with Gasteiger partial charge in [-0.05, 0) is 284 Å². The van der Waals surface area contributed by atoms with Crippen LogP contribution in [0.3, 0.4) is 0 Å². The van der Waals surface area contributed by atoms with Crippen molar-refractivity contribution in [2.75, 3.05) is 328 Å². The molecule has 0 saturated heterocycles. The van der Waals surface area contributed by atoms with Crippen LogP contribution in [0.4, 0.5) is 0 Å². The minimum Gasteiger partial charge on any atom is -0.390 e. The maximum absolute atomic E-state index is 8.56. The van der Waals surface area contributed by atoms with Crippen molar-refractivity contribution in [2.24, 2.45) is 34.4 Å². The number of hydrogen-bond donors (Lipinski definition) is 18. The summed E-state index contributed by atoms with van der Waals surface area (Å²) >= 11 is 0. The molecule has 0 radical (unpaired) electrons. The van der Waals surface area contributed by atoms with Crippen LogP contribution >= 0.6 is 0 Å². The average molecular weight is 2280 g/mol. The summed E-state index contributed by atoms with van der Waals surface area (Å²) in [7, 11) is 9.38. The Labute approximate surface area is 869 Å². The van der Waals surface area contributed by atoms with Gasteiger partial charge in [-0.15, -0.1) is 0 Å². The highest BCUT2D eigenvalue weighted by Crippen LogP contribution is 2.23. The molecule has 24 N–H and O–H groups in total. The molecule has 0 heterocycles. The van der Waals surface area contributed by atoms with Crippen molar-refractivity contribution >= 4 is 106 Å². The zero-order valence-corrected chi connectivity index (χ0v) is 107. The highest BCUT2D eigenvalue weighted by atomic mass is 28.4. The van der Waals surface area contributed by atoms with Crippen molar-refractivity contribution in [1.29, 1.82) is 0 Å². The molecule has 0 fully saturated rings. The van der Waals surface area contributed by atoms with Gasteiger partial charge in [0.05, 0.1) is 0 Å². The highest BCUT2D eigenvalue weighted by Gasteiger charge is 2.45. The van der Waals surface area contributed by atoms with Gasteiger partial charge in [-0.25, -0.2) is 0 Å². The number of rotatable bonds is 75. The van der Waals surface area contributed by atoms with Gasteiger partial charge in [0.15, 0.2) is 0 Å². The van der Waals surface area contributed by atoms with Crippen LogP contribution in [0.15, 0.2) is 0 Å². The van der Waals surface area contributed by atoms with Gasteiger partial charge in [-0.1, -0.05) is 0 Å². The second-order valence-corrected chi connectivity index (χ2v) is 63.4. The SMILES string of the molecule is CCO[Si](CCCN(C)C)(OCC)OCC.CCO[Si](CCCN)(OCC)OCC.CCO[Si](CCCN)(OCC)OCC.CCO[Si](CCN(C)C)(OCC)OCC.CN(C)CCC[Si](O)(O)O.CN(C)CC[Si](O)(O)O.CO[Si](CCCN(C)C)(OC)OC.CO[Si](CCCN)(OC)OC.CO[Si](CCCN)(OC)OC.CO[Si](CCN(C)C)(OC)OC.NCCC[Si](O)(O)O.NCCC[Si](O)(O)O. The largest absolute Gasteiger partial charge is 0.502 e. The molecular formula is C81H222N12O36Si12. The summed E-state index contributed by atoms with van der Waals surface area (Å²) in [4.78, 5) is 113. The third kappa shape index (κ3) is 115. The lowest BCUT2D eigenvalue weighted by Gasteiger charge is -2.29. The van der Waals surface area contributed by atoms with E-state index < -0.39 is 106 Å². The van der Waals surface area contributed by atoms with E-state index in [1.807, 2.05) is 130 Å². The van der Waals surface area contributed by atoms with E-state index in [4.69, 9.17) is 198 Å². The number of hydrogen-bond acceptors (Lipinski definition) is 48. The molecule has 0 aliphatic carbocycles. The molecule has 0 saturated carbocycles. The van der Waals surface area contributed by atoms with Crippen LogP contribution in [-0.2, 0) is 106 Å². The summed E-state index contributed by atoms with van der Waals surface area (Å²) in [6.45, 7) is 40.0. The molecule has 0 atom stereocenters. The average Bonchev–Trinajstić information content (AvgIpc) is 0.878. The number of nitrogens with zero attached hydrogens (tertiary/aromatic N) is 6. The van der Waals surface area contributed by atoms with Gasteiger partial charge in [0, 0.05) is 257 Å². The monoisotopic (exact) mass is 2280 g/mol. The first-order valence-corrected chi connectivity index (χ1v) is 72.5. The Balaban J connectivity index is -0.000000129. The Morgan fingerprint density at radius 2 is 0.270 bits per heavy atom. The molecule has 0 bridgehead atoms. The van der Waals surface area contributed by atoms with E-state index in [1.165, 1.54) is 0 Å². The fraction of sp³-hybridized carbons (Fsp3) is 1.00. The van der Waals surface area contributed by atoms with Crippen molar-refractivity contribution in [3.05, 3.63) is 0 Å². The summed E-state index contributed by atoms with van der Waals surface area (Å²) in [6.07, 6.45) is 7.20. The lowest BCUT2D eigenvalue weighted by atomic mass is 10.5. The topological polar surface area (TPSA) is 640 Å². The molecule has 0 unspecified atom stereocenters. The summed E-state index contributed by atoms with van der Waals surface area (Å²) < 4.78 is 131. The second-order valence-electron chi connectivity index (χ2n) is 31.9. The molecule has 0 spiro atoms. The summed E-state index contributed by atoms with van der Waals surface area (Å²) in [5.74, 6) is 0. The third-order valence-corrected chi connectivity index (χ3v) is 45.8. The Bertz CT molecular complexity index is 2290. The van der Waals surface area contributed by atoms with Crippen LogP contribution in [0.1, 0.15) is 141 Å². The van der Waals surface area contributed by atoms with E-state index in [0.717, 1.165) is 120 Å². The first-order chi connectivity index (χ1) is 65.8. The van der Waals surface area contributed by atoms with E-state index in [2.05, 4.69) is 47.8 Å². The zero-order chi connectivity index (χ0) is 112. The fourth-order valence-electron chi connectivity index (χ4n) is 11.1. The Morgan fingerprint density at radius 3 is 0.404 bits per heavy atom. The summed E-state index contributed by atoms with van der Waals surface area (Å²) in [5.41, 5.74) is 31.7. The molecule has 0 aromatic carbocycles. The van der Waals surface area contributed by atoms with Crippen LogP contribution < -0.4 is 34.4 Å². The van der Waals surface area contributed by atoms with Gasteiger partial charge in [-0.3, -0.25) is 0 Å². The minimum absolute atomic E-state index is 0.0451. The standard InChI is InChI=1S/C11H27NO3Si.C10H25NO3Si.2C9H23NO3Si.C8H21NO3Si.C7H19NO3Si.2C6H17NO3Si.C5H15NO3Si.C4H13NO3Si.2C3H11NO3Si/c1-6-13-16(14-7-2,15-8-3)11-9-10-12(4)5;1-6-12-15(13-7-2,14-8-3)10-9-11(4)5;2*1-4-11-14(12-5-2,13-6-3)9-7-8-10;1-9(2)7-6-8-13(10-3,11-4)12-5;1-8(2)6-7-12(9-3,10-4)11-5;2*1-8-11(9-2,10-3)6-4-5-7;1-6(2)4-3-5-10(7,8)9;1-5(2)3-4-9(6,7)8;2*4-2-1-3-8(5,6)7/h6-11H2,1-5H3;6-10H2,1-5H3;2*4-10H2,1-3H3;6-8H2,1-5H3;6-7H2,1-5H3;2*4-7H2,1-3H3;7-9H,3-5H2,1-2H3;6-8H,3-4H2,1-2H3;2*5-7H,1-4H2. The van der Waals surface area contributed by atoms with Gasteiger partial charge in [0.25, 0.3) is 0 Å². The lowest BCUT2D eigenvalue weighted by Crippen LogP contribution is -2.47. The predicted octanol–water partition coefficient (Wildman–Crippen LogP) is 1.84. The molecule has 48 nitrogen and oxygen atoms in total. The molecule has 0 aromatic rings. The Kier molecular flexibility index (Phi) is 127. The molecule has 0 rings (SSSR count). The van der Waals surface area contributed by atoms with Gasteiger partial charge in [0.2, 0.25) is 0 Å². The van der Waals surface area contributed by atoms with Crippen molar-refractivity contribution in [2.45, 2.75) is 213 Å². The van der Waals surface area contributed by atoms with Gasteiger partial charge >= 0.3 is 106 Å². The third-order valence-electron chi connectivity index (χ3n) is 18.2. The fourth-order valence-corrected chi connectivity index (χ4v) is 31.5. The maximum Gasteiger partial charge on any atom is 0.502 e. The highest BCUT2D eigenvalue weighted by molar-refractivity contribution is 6.63. The van der Waals surface area contributed by atoms with E-state index in [9.17, 15) is 0 Å². The van der Waals surface area contributed by atoms with Gasteiger partial charge < -0.3 is 228 Å². The Hall–Kier alpha value is 0.683. The first-order valence-electron chi connectivity index (χ1n) is 48.9. The maximum atomic E-state index is 8.56. The smallest absolute Gasteiger partial charge is 0.390 e. The molecule has 0 amide bonds. The summed E-state index contributed by atoms with van der Waals surface area (Å²) in [5, 5.41) is 0. The molecular weight excluding hydrogens is 2050 g/mol. The normalized spacial score (nSPS) is 12.3. The molecule has 0 aliphatic rings. The van der Waals surface area contributed by atoms with Crippen LogP contribution in [0.25, 0.3) is 0 Å². The molecule has 141 heavy (non-hydrogen) atoms. The van der Waals surface area contributed by atoms with E-state index in [-0.39, 0.29) is 24.2 Å². The molecule has 0 aromatic heterocycles. The molecule has 0 aliphatic heterocycles. The van der Waals surface area contributed by atoms with Crippen molar-refractivity contribution in [3.63, 3.8) is 0 Å². The van der Waals surface area contributed by atoms with Gasteiger partial charge in [0.1, 0.15) is 0 Å². The van der Waals surface area contributed by atoms with Crippen molar-refractivity contribution in [1.82, 2.24) is 29.4 Å². The predicted molar refractivity (Wildman–Crippen MR) is 584 cm³/mol. The van der Waals surface area contributed by atoms with Crippen LogP contribution in [0.2, 0.25) is 72.5 Å². The minimum atomic E-state index is -3.76. The second kappa shape index (κ2) is 108. The van der Waals surface area contributed by atoms with Crippen LogP contribution in [-0.4, -0.2) is 520 Å². The van der Waals surface area contributed by atoms with Crippen LogP contribution in [0, 0.1) is 0 Å². The number of nitrogens with two attached hydrogens (primary N) is 6. The van der Waals surface area contributed by atoms with Crippen LogP contribution in [0.5, 0.6) is 0 Å². The lowest BCUT2D eigenvalue weighted by molar-refractivity contribution is 0.0689. The first kappa shape index (κ1) is 167. The van der Waals surface area contributed by atoms with Gasteiger partial charge in [-0.2, -0.15) is 0 Å². The molecule has 60 heteroatoms. The van der Waals surface area contributed by atoms with Crippen molar-refractivity contribution in [3.8, 4) is 0 Å². The zero-order valence-electron chi connectivity index (χ0n) is 95.1. The Morgan fingerprint density at radius 1 is 0.156 bits per heavy atom. The summed E-state index contributed by atoms with van der Waals surface area (Å²) in [6, 6.07) is 6.96.